The van der Waals surface area contributed by atoms with Crippen molar-refractivity contribution in [2.75, 3.05) is 6.26 Å². The van der Waals surface area contributed by atoms with Crippen LogP contribution in [0, 0.1) is 11.8 Å². The first-order valence-corrected chi connectivity index (χ1v) is 6.65. The van der Waals surface area contributed by atoms with Gasteiger partial charge in [0.1, 0.15) is 0 Å². The van der Waals surface area contributed by atoms with Gasteiger partial charge < -0.3 is 19.9 Å². The average molecular weight is 279 g/mol. The van der Waals surface area contributed by atoms with Crippen molar-refractivity contribution in [3.8, 4) is 0 Å². The monoisotopic (exact) mass is 279 g/mol. The van der Waals surface area contributed by atoms with Crippen LogP contribution in [0.15, 0.2) is 10.6 Å². The standard InChI is InChI=1S/C11H15NO4S.Na/c1-4-7-6(5(2)13)10(14)12(7)8(11(15)16)9(4)17-3;/h4-7,13H,1-3H3,(H,15,16);/q;+1/p-1/t4-,5-,6-,7-;/m1./s1. The minimum absolute atomic E-state index is 0. The van der Waals surface area contributed by atoms with Crippen molar-refractivity contribution in [1.82, 2.24) is 4.90 Å². The summed E-state index contributed by atoms with van der Waals surface area (Å²) in [5.74, 6) is -2.19. The molecular weight excluding hydrogens is 265 g/mol. The van der Waals surface area contributed by atoms with Crippen molar-refractivity contribution in [3.63, 3.8) is 0 Å². The number of carbonyl (C=O) groups is 2. The number of carboxylic acid groups (broad SMARTS) is 1. The molecule has 0 aromatic heterocycles. The maximum Gasteiger partial charge on any atom is 1.00 e. The van der Waals surface area contributed by atoms with Crippen LogP contribution in [0.3, 0.4) is 0 Å². The number of nitrogens with zero attached hydrogens (tertiary/aromatic N) is 1. The molecule has 5 nitrogen and oxygen atoms in total. The molecule has 0 saturated carbocycles. The Kier molecular flexibility index (Phi) is 4.94. The van der Waals surface area contributed by atoms with E-state index in [1.807, 2.05) is 6.92 Å². The van der Waals surface area contributed by atoms with Crippen molar-refractivity contribution in [2.45, 2.75) is 26.0 Å². The number of aliphatic hydroxyl groups is 1. The first kappa shape index (κ1) is 16.0. The Bertz CT molecular complexity index is 423. The number of rotatable bonds is 3. The van der Waals surface area contributed by atoms with E-state index in [0.717, 1.165) is 0 Å². The maximum absolute atomic E-state index is 11.8. The number of thioether (sulfide) groups is 1. The van der Waals surface area contributed by atoms with Crippen molar-refractivity contribution in [3.05, 3.63) is 10.6 Å². The van der Waals surface area contributed by atoms with Gasteiger partial charge in [-0.3, -0.25) is 4.79 Å². The van der Waals surface area contributed by atoms with E-state index in [2.05, 4.69) is 0 Å². The van der Waals surface area contributed by atoms with Gasteiger partial charge in [-0.2, -0.15) is 0 Å². The van der Waals surface area contributed by atoms with Gasteiger partial charge in [0.25, 0.3) is 0 Å². The van der Waals surface area contributed by atoms with Crippen LogP contribution in [-0.4, -0.2) is 40.3 Å². The van der Waals surface area contributed by atoms with Crippen molar-refractivity contribution >= 4 is 23.6 Å². The summed E-state index contributed by atoms with van der Waals surface area (Å²) < 4.78 is 0. The third kappa shape index (κ3) is 2.04. The molecule has 1 amide bonds. The maximum atomic E-state index is 11.8. The van der Waals surface area contributed by atoms with Gasteiger partial charge in [-0.1, -0.05) is 6.92 Å². The van der Waals surface area contributed by atoms with Crippen LogP contribution in [0.4, 0.5) is 0 Å². The van der Waals surface area contributed by atoms with Crippen LogP contribution in [0.25, 0.3) is 0 Å². The molecule has 18 heavy (non-hydrogen) atoms. The summed E-state index contributed by atoms with van der Waals surface area (Å²) in [6.45, 7) is 3.43. The molecule has 1 saturated heterocycles. The van der Waals surface area contributed by atoms with Gasteiger partial charge in [0.05, 0.1) is 29.7 Å². The molecule has 1 fully saturated rings. The van der Waals surface area contributed by atoms with E-state index < -0.39 is 18.0 Å². The predicted octanol–water partition coefficient (Wildman–Crippen LogP) is -3.83. The van der Waals surface area contributed by atoms with Crippen molar-refractivity contribution in [2.24, 2.45) is 11.8 Å². The molecule has 4 atom stereocenters. The molecule has 0 unspecified atom stereocenters. The molecule has 1 N–H and O–H groups in total. The Labute approximate surface area is 132 Å². The van der Waals surface area contributed by atoms with E-state index in [1.54, 1.807) is 13.2 Å². The zero-order valence-corrected chi connectivity index (χ0v) is 13.7. The van der Waals surface area contributed by atoms with E-state index in [0.29, 0.717) is 4.91 Å². The summed E-state index contributed by atoms with van der Waals surface area (Å²) in [7, 11) is 0. The quantitative estimate of drug-likeness (QED) is 0.423. The molecule has 0 bridgehead atoms. The zero-order chi connectivity index (χ0) is 12.9. The van der Waals surface area contributed by atoms with E-state index in [1.165, 1.54) is 16.7 Å². The number of aliphatic hydroxyl groups excluding tert-OH is 1. The molecular formula is C11H14NNaO4S. The topological polar surface area (TPSA) is 80.7 Å². The Morgan fingerprint density at radius 1 is 1.56 bits per heavy atom. The summed E-state index contributed by atoms with van der Waals surface area (Å²) in [6.07, 6.45) is 1.03. The number of aliphatic carboxylic acids is 1. The third-order valence-corrected chi connectivity index (χ3v) is 4.53. The number of carbonyl (C=O) groups excluding carboxylic acids is 2. The minimum Gasteiger partial charge on any atom is -0.543 e. The summed E-state index contributed by atoms with van der Waals surface area (Å²) in [5, 5.41) is 20.6. The van der Waals surface area contributed by atoms with E-state index in [9.17, 15) is 19.8 Å². The van der Waals surface area contributed by atoms with Gasteiger partial charge in [0.15, 0.2) is 0 Å². The Hall–Kier alpha value is -0.0100. The van der Waals surface area contributed by atoms with E-state index >= 15 is 0 Å². The molecule has 0 aliphatic carbocycles. The summed E-state index contributed by atoms with van der Waals surface area (Å²) >= 11 is 1.32. The van der Waals surface area contributed by atoms with Crippen LogP contribution >= 0.6 is 11.8 Å². The number of β-lactam (4-membered cyclic amide) rings is 1. The van der Waals surface area contributed by atoms with Gasteiger partial charge in [0, 0.05) is 10.8 Å². The van der Waals surface area contributed by atoms with Crippen LogP contribution in [0.1, 0.15) is 13.8 Å². The minimum atomic E-state index is -1.32. The molecule has 0 radical (unpaired) electrons. The molecule has 94 valence electrons. The Morgan fingerprint density at radius 2 is 2.11 bits per heavy atom. The van der Waals surface area contributed by atoms with Gasteiger partial charge in [-0.05, 0) is 13.2 Å². The van der Waals surface area contributed by atoms with Crippen molar-refractivity contribution in [1.29, 1.82) is 0 Å². The number of hydrogen-bond acceptors (Lipinski definition) is 5. The largest absolute Gasteiger partial charge is 1.00 e. The molecule has 2 aliphatic rings. The molecule has 0 aromatic carbocycles. The SMILES string of the molecule is CSC1=C(C(=O)[O-])N2C(=O)[C@H]([C@@H](C)O)[C@H]2[C@H]1C.[Na+]. The second-order valence-corrected chi connectivity index (χ2v) is 5.31. The summed E-state index contributed by atoms with van der Waals surface area (Å²) in [5.41, 5.74) is -0.0168. The van der Waals surface area contributed by atoms with Crippen molar-refractivity contribution < 1.29 is 49.4 Å². The van der Waals surface area contributed by atoms with E-state index in [4.69, 9.17) is 0 Å². The van der Waals surface area contributed by atoms with Gasteiger partial charge >= 0.3 is 29.6 Å². The normalized spacial score (nSPS) is 31.7. The van der Waals surface area contributed by atoms with Crippen LogP contribution in [0.2, 0.25) is 0 Å². The molecule has 7 heteroatoms. The fraction of sp³-hybridized carbons (Fsp3) is 0.636. The molecule has 2 aliphatic heterocycles. The van der Waals surface area contributed by atoms with Crippen LogP contribution < -0.4 is 34.7 Å². The smallest absolute Gasteiger partial charge is 0.543 e. The van der Waals surface area contributed by atoms with Gasteiger partial charge in [0.2, 0.25) is 5.91 Å². The summed E-state index contributed by atoms with van der Waals surface area (Å²) in [4.78, 5) is 24.9. The number of hydrogen-bond donors (Lipinski definition) is 1. The second-order valence-electron chi connectivity index (χ2n) is 4.46. The second kappa shape index (κ2) is 5.54. The van der Waals surface area contributed by atoms with E-state index in [-0.39, 0.29) is 53.1 Å². The van der Waals surface area contributed by atoms with Crippen LogP contribution in [-0.2, 0) is 9.59 Å². The molecule has 0 spiro atoms. The average Bonchev–Trinajstić information content (AvgIpc) is 2.47. The number of fused-ring (bicyclic) bond motifs is 1. The first-order valence-electron chi connectivity index (χ1n) is 5.42. The first-order chi connectivity index (χ1) is 7.91. The van der Waals surface area contributed by atoms with Crippen LogP contribution in [0.5, 0.6) is 0 Å². The van der Waals surface area contributed by atoms with Gasteiger partial charge in [-0.25, -0.2) is 0 Å². The van der Waals surface area contributed by atoms with Gasteiger partial charge in [-0.15, -0.1) is 11.8 Å². The summed E-state index contributed by atoms with van der Waals surface area (Å²) in [6, 6.07) is -0.238. The number of amides is 1. The predicted molar refractivity (Wildman–Crippen MR) is 60.5 cm³/mol. The fourth-order valence-corrected chi connectivity index (χ4v) is 3.67. The zero-order valence-electron chi connectivity index (χ0n) is 10.8. The molecule has 2 heterocycles. The fourth-order valence-electron chi connectivity index (χ4n) is 2.79. The molecule has 2 rings (SSSR count). The molecule has 0 aromatic rings. The Balaban J connectivity index is 0.00000162. The number of carboxylic acids is 1. The Morgan fingerprint density at radius 3 is 2.50 bits per heavy atom. The third-order valence-electron chi connectivity index (χ3n) is 3.52.